The first kappa shape index (κ1) is 50.1. The third-order valence-electron chi connectivity index (χ3n) is 12.3. The van der Waals surface area contributed by atoms with E-state index in [1.165, 1.54) is 24.6 Å². The third kappa shape index (κ3) is 9.90. The lowest BCUT2D eigenvalue weighted by Crippen LogP contribution is -2.39. The largest absolute Gasteiger partial charge is 0.408 e. The van der Waals surface area contributed by atoms with Crippen molar-refractivity contribution in [3.8, 4) is 11.1 Å². The molecule has 7 rings (SSSR count). The molecule has 0 aliphatic heterocycles. The number of aryl methyl sites for hydroxylation is 2. The van der Waals surface area contributed by atoms with E-state index >= 15 is 8.78 Å². The summed E-state index contributed by atoms with van der Waals surface area (Å²) in [6.07, 6.45) is -3.28. The third-order valence-corrected chi connectivity index (χ3v) is 16.6. The molecule has 2 unspecified atom stereocenters. The first-order valence-corrected chi connectivity index (χ1v) is 24.0. The van der Waals surface area contributed by atoms with Crippen LogP contribution in [0.1, 0.15) is 89.1 Å². The molecule has 23 heteroatoms. The van der Waals surface area contributed by atoms with Crippen molar-refractivity contribution in [1.82, 2.24) is 20.1 Å². The van der Waals surface area contributed by atoms with Crippen LogP contribution in [0.25, 0.3) is 22.0 Å². The number of halogens is 8. The number of nitrogens with one attached hydrogen (secondary N) is 2. The molecule has 2 atom stereocenters. The van der Waals surface area contributed by atoms with Crippen molar-refractivity contribution in [3.05, 3.63) is 84.8 Å². The molecule has 4 aromatic rings. The number of hydrogen-bond donors (Lipinski definition) is 5. The zero-order valence-electron chi connectivity index (χ0n) is 36.8. The van der Waals surface area contributed by atoms with Crippen LogP contribution >= 0.6 is 34.2 Å². The Bertz CT molecular complexity index is 2900. The molecule has 3 saturated carbocycles. The highest BCUT2D eigenvalue weighted by atomic mass is 127. The van der Waals surface area contributed by atoms with Gasteiger partial charge in [-0.1, -0.05) is 17.7 Å². The average molecular weight is 1090 g/mol. The minimum Gasteiger partial charge on any atom is -0.408 e. The van der Waals surface area contributed by atoms with E-state index in [0.717, 1.165) is 12.1 Å². The number of amidine groups is 1. The number of aliphatic imine (C=N–C) groups is 2. The predicted octanol–water partition coefficient (Wildman–Crippen LogP) is 8.02. The molecule has 0 radical (unpaired) electrons. The summed E-state index contributed by atoms with van der Waals surface area (Å²) in [4.78, 5) is 27.4. The lowest BCUT2D eigenvalue weighted by molar-refractivity contribution is -0.120. The van der Waals surface area contributed by atoms with E-state index in [1.54, 1.807) is 33.0 Å². The number of benzene rings is 2. The summed E-state index contributed by atoms with van der Waals surface area (Å²) in [5, 5.41) is 25.6. The molecule has 3 aliphatic carbocycles. The molecule has 3 aliphatic rings. The topological polar surface area (TPSA) is 224 Å². The van der Waals surface area contributed by atoms with Gasteiger partial charge in [-0.25, -0.2) is 26.0 Å². The number of nitrogens with two attached hydrogens (primary N) is 2. The summed E-state index contributed by atoms with van der Waals surface area (Å²) in [5.41, 5.74) is 7.19. The van der Waals surface area contributed by atoms with Crippen molar-refractivity contribution in [2.24, 2.45) is 28.5 Å². The molecule has 2 aromatic carbocycles. The van der Waals surface area contributed by atoms with Crippen LogP contribution in [0.5, 0.6) is 0 Å². The summed E-state index contributed by atoms with van der Waals surface area (Å²) in [7, 11) is -1.97. The number of aromatic nitrogens is 3. The fourth-order valence-corrected chi connectivity index (χ4v) is 11.3. The molecule has 0 spiro atoms. The maximum absolute atomic E-state index is 15.1. The Kier molecular flexibility index (Phi) is 13.4. The van der Waals surface area contributed by atoms with Crippen LogP contribution in [0.2, 0.25) is 5.02 Å². The van der Waals surface area contributed by atoms with Crippen LogP contribution in [0, 0.1) is 20.6 Å². The first-order chi connectivity index (χ1) is 31.1. The second-order valence-electron chi connectivity index (χ2n) is 18.1. The Balaban J connectivity index is 1.41. The van der Waals surface area contributed by atoms with Crippen molar-refractivity contribution in [2.75, 3.05) is 6.54 Å². The quantitative estimate of drug-likeness (QED) is 0.0356. The van der Waals surface area contributed by atoms with E-state index in [0.29, 0.717) is 44.8 Å². The SMILES string of the molecule is Cn1nc(N=C(N)OC(=N)C(C)(C)O)c2c(Cl)ccc(-c3cc(I)c(CCC(C)(C)S(=O)(=O)C4CC4)nc3C3(NC(=O)CN=C4C(=C(N)C(F)F)CCC4(F)F)CC3c3cc(F)cc(F)c3)c21. The number of hydrogen-bond acceptors (Lipinski definition) is 11. The van der Waals surface area contributed by atoms with Gasteiger partial charge < -0.3 is 26.6 Å². The van der Waals surface area contributed by atoms with Gasteiger partial charge in [0.1, 0.15) is 29.5 Å². The molecule has 0 saturated heterocycles. The molecule has 2 aromatic heterocycles. The number of pyridine rings is 1. The van der Waals surface area contributed by atoms with Gasteiger partial charge in [0.05, 0.1) is 48.5 Å². The van der Waals surface area contributed by atoms with Gasteiger partial charge in [-0.05, 0) is 119 Å². The maximum atomic E-state index is 15.1. The Hall–Kier alpha value is -4.81. The van der Waals surface area contributed by atoms with Crippen LogP contribution in [-0.2, 0) is 38.4 Å². The highest BCUT2D eigenvalue weighted by Crippen LogP contribution is 2.60. The van der Waals surface area contributed by atoms with Gasteiger partial charge in [0, 0.05) is 45.7 Å². The molecule has 2 heterocycles. The Morgan fingerprint density at radius 1 is 1.12 bits per heavy atom. The molecule has 14 nitrogen and oxygen atoms in total. The van der Waals surface area contributed by atoms with Crippen molar-refractivity contribution in [2.45, 2.75) is 112 Å². The highest BCUT2D eigenvalue weighted by molar-refractivity contribution is 14.1. The van der Waals surface area contributed by atoms with Gasteiger partial charge >= 0.3 is 0 Å². The summed E-state index contributed by atoms with van der Waals surface area (Å²) < 4.78 is 120. The average Bonchev–Trinajstić information content (AvgIpc) is 4.14. The number of amides is 1. The highest BCUT2D eigenvalue weighted by Gasteiger charge is 2.60. The smallest absolute Gasteiger partial charge is 0.295 e. The second kappa shape index (κ2) is 17.9. The molecular formula is C44H47ClF6IN9O5S. The van der Waals surface area contributed by atoms with Gasteiger partial charge in [0.15, 0.2) is 15.7 Å². The van der Waals surface area contributed by atoms with Gasteiger partial charge in [-0.15, -0.1) is 0 Å². The van der Waals surface area contributed by atoms with Crippen molar-refractivity contribution >= 4 is 84.3 Å². The molecule has 3 fully saturated rings. The zero-order valence-corrected chi connectivity index (χ0v) is 40.5. The molecule has 7 N–H and O–H groups in total. The van der Waals surface area contributed by atoms with Gasteiger partial charge in [0.2, 0.25) is 11.8 Å². The van der Waals surface area contributed by atoms with Crippen molar-refractivity contribution in [1.29, 1.82) is 5.41 Å². The van der Waals surface area contributed by atoms with Crippen LogP contribution in [-0.4, -0.2) is 86.3 Å². The van der Waals surface area contributed by atoms with E-state index < -0.39 is 115 Å². The number of carbonyl (C=O) groups excluding carboxylic acids is 1. The van der Waals surface area contributed by atoms with Crippen LogP contribution < -0.4 is 16.8 Å². The molecule has 67 heavy (non-hydrogen) atoms. The van der Waals surface area contributed by atoms with Gasteiger partial charge in [0.25, 0.3) is 18.4 Å². The van der Waals surface area contributed by atoms with E-state index in [2.05, 4.69) is 43.0 Å². The fourth-order valence-electron chi connectivity index (χ4n) is 8.35. The van der Waals surface area contributed by atoms with Crippen LogP contribution in [0.15, 0.2) is 57.7 Å². The number of allylic oxidation sites excluding steroid dienone is 2. The lowest BCUT2D eigenvalue weighted by Gasteiger charge is -2.27. The Morgan fingerprint density at radius 3 is 2.39 bits per heavy atom. The summed E-state index contributed by atoms with van der Waals surface area (Å²) in [6.45, 7) is 4.92. The van der Waals surface area contributed by atoms with E-state index in [1.807, 2.05) is 0 Å². The minimum absolute atomic E-state index is 0.0435. The number of sulfone groups is 1. The lowest BCUT2D eigenvalue weighted by atomic mass is 9.92. The first-order valence-electron chi connectivity index (χ1n) is 21.0. The molecular weight excluding hydrogens is 1040 g/mol. The maximum Gasteiger partial charge on any atom is 0.295 e. The number of ether oxygens (including phenoxy) is 1. The summed E-state index contributed by atoms with van der Waals surface area (Å²) in [5.74, 6) is -8.07. The van der Waals surface area contributed by atoms with Gasteiger partial charge in [-0.3, -0.25) is 24.9 Å². The summed E-state index contributed by atoms with van der Waals surface area (Å²) in [6, 6.07) is 7.18. The zero-order chi connectivity index (χ0) is 49.3. The Labute approximate surface area is 400 Å². The van der Waals surface area contributed by atoms with Crippen molar-refractivity contribution in [3.63, 3.8) is 0 Å². The second-order valence-corrected chi connectivity index (χ2v) is 22.5. The minimum atomic E-state index is -3.67. The van der Waals surface area contributed by atoms with Crippen LogP contribution in [0.4, 0.5) is 32.2 Å². The number of alkyl halides is 4. The van der Waals surface area contributed by atoms with E-state index in [-0.39, 0.29) is 46.7 Å². The fraction of sp³-hybridized carbons (Fsp3) is 0.455. The number of fused-ring (bicyclic) bond motifs is 1. The van der Waals surface area contributed by atoms with Crippen LogP contribution in [0.3, 0.4) is 0 Å². The molecule has 360 valence electrons. The van der Waals surface area contributed by atoms with Crippen molar-refractivity contribution < 1.29 is 49.4 Å². The number of aliphatic hydroxyl groups is 1. The Morgan fingerprint density at radius 2 is 1.78 bits per heavy atom. The number of rotatable bonds is 14. The molecule has 1 amide bonds. The molecule has 0 bridgehead atoms. The predicted molar refractivity (Wildman–Crippen MR) is 250 cm³/mol. The number of nitrogens with zero attached hydrogens (tertiary/aromatic N) is 5. The standard InChI is InChI=1S/C44H47ClF6IN9O5S/c1-41(2,67(64,65)23-6-7-23)12-11-30-29(52)17-26(24-8-9-28(45)32-34(24)61(5)60-38(32)58-40(55)66-39(54)42(3,4)63)35(57-30)43(18-27(43)20-14-21(46)16-22(47)15-20)59-31(62)19-56-36-25(33(53)37(48)49)10-13-44(36,50)51/h8-9,14-17,23,27,37,54,63H,6-7,10-13,18-19,53H2,1-5H3,(H,59,62)(H2,55,58,60). The van der Waals surface area contributed by atoms with E-state index in [4.69, 9.17) is 38.2 Å². The van der Waals surface area contributed by atoms with Gasteiger partial charge in [-0.2, -0.15) is 18.9 Å². The monoisotopic (exact) mass is 1090 g/mol. The normalized spacial score (nSPS) is 21.3. The number of carbonyl (C=O) groups is 1. The van der Waals surface area contributed by atoms with E-state index in [9.17, 15) is 35.9 Å². The summed E-state index contributed by atoms with van der Waals surface area (Å²) >= 11 is 8.86.